The van der Waals surface area contributed by atoms with Crippen LogP contribution in [0.5, 0.6) is 0 Å². The van der Waals surface area contributed by atoms with E-state index in [1.165, 1.54) is 19.4 Å². The molecule has 1 aliphatic rings. The van der Waals surface area contributed by atoms with Crippen molar-refractivity contribution in [1.29, 1.82) is 0 Å². The van der Waals surface area contributed by atoms with Crippen molar-refractivity contribution >= 4 is 15.9 Å². The number of nitrogens with zero attached hydrogens (tertiary/aromatic N) is 3. The minimum atomic E-state index is 0.483. The van der Waals surface area contributed by atoms with Crippen LogP contribution in [0.1, 0.15) is 18.7 Å². The van der Waals surface area contributed by atoms with E-state index in [1.54, 1.807) is 0 Å². The van der Waals surface area contributed by atoms with E-state index in [2.05, 4.69) is 38.0 Å². The Kier molecular flexibility index (Phi) is 3.18. The van der Waals surface area contributed by atoms with Gasteiger partial charge in [0.1, 0.15) is 0 Å². The van der Waals surface area contributed by atoms with Crippen LogP contribution in [0.25, 0.3) is 0 Å². The molecule has 0 bridgehead atoms. The van der Waals surface area contributed by atoms with E-state index in [0.29, 0.717) is 10.7 Å². The minimum absolute atomic E-state index is 0.483. The molecule has 0 spiro atoms. The molecule has 4 nitrogen and oxygen atoms in total. The molecule has 1 unspecified atom stereocenters. The Labute approximate surface area is 91.8 Å². The average Bonchev–Trinajstić information content (AvgIpc) is 2.51. The van der Waals surface area contributed by atoms with Gasteiger partial charge in [-0.1, -0.05) is 5.16 Å². The van der Waals surface area contributed by atoms with E-state index < -0.39 is 0 Å². The van der Waals surface area contributed by atoms with Gasteiger partial charge in [0, 0.05) is 28.9 Å². The summed E-state index contributed by atoms with van der Waals surface area (Å²) in [6.45, 7) is 2.36. The number of aromatic nitrogens is 2. The summed E-state index contributed by atoms with van der Waals surface area (Å²) in [6, 6.07) is 0. The SMILES string of the molecule is CN1CCCC(Cc2noc(Br)n2)C1. The first kappa shape index (κ1) is 10.1. The van der Waals surface area contributed by atoms with Crippen molar-refractivity contribution in [1.82, 2.24) is 15.0 Å². The first-order valence-corrected chi connectivity index (χ1v) is 5.70. The Hall–Kier alpha value is -0.420. The molecule has 1 aromatic rings. The van der Waals surface area contributed by atoms with Crippen molar-refractivity contribution in [2.24, 2.45) is 5.92 Å². The second kappa shape index (κ2) is 4.40. The third-order valence-electron chi connectivity index (χ3n) is 2.64. The van der Waals surface area contributed by atoms with Gasteiger partial charge in [-0.2, -0.15) is 4.98 Å². The first-order valence-electron chi connectivity index (χ1n) is 4.90. The van der Waals surface area contributed by atoms with E-state index in [9.17, 15) is 0 Å². The molecule has 5 heteroatoms. The summed E-state index contributed by atoms with van der Waals surface area (Å²) in [5.41, 5.74) is 0. The van der Waals surface area contributed by atoms with E-state index >= 15 is 0 Å². The lowest BCUT2D eigenvalue weighted by Crippen LogP contribution is -2.33. The highest BCUT2D eigenvalue weighted by Crippen LogP contribution is 2.19. The summed E-state index contributed by atoms with van der Waals surface area (Å²) in [4.78, 5) is 7.00. The molecule has 0 saturated carbocycles. The predicted octanol–water partition coefficient (Wildman–Crippen LogP) is 1.72. The van der Waals surface area contributed by atoms with Crippen molar-refractivity contribution in [2.45, 2.75) is 19.3 Å². The number of hydrogen-bond acceptors (Lipinski definition) is 4. The number of halogens is 1. The van der Waals surface area contributed by atoms with Crippen LogP contribution in [0.4, 0.5) is 0 Å². The molecule has 0 aliphatic carbocycles. The second-order valence-corrected chi connectivity index (χ2v) is 4.62. The van der Waals surface area contributed by atoms with Gasteiger partial charge in [0.25, 0.3) is 4.80 Å². The molecule has 1 saturated heterocycles. The normalized spacial score (nSPS) is 24.0. The van der Waals surface area contributed by atoms with Gasteiger partial charge in [-0.3, -0.25) is 0 Å². The number of rotatable bonds is 2. The van der Waals surface area contributed by atoms with Gasteiger partial charge < -0.3 is 9.42 Å². The van der Waals surface area contributed by atoms with E-state index in [4.69, 9.17) is 4.52 Å². The van der Waals surface area contributed by atoms with Gasteiger partial charge in [-0.15, -0.1) is 0 Å². The number of piperidine rings is 1. The molecular formula is C9H14BrN3O. The van der Waals surface area contributed by atoms with E-state index in [1.807, 2.05) is 0 Å². The number of likely N-dealkylation sites (tertiary alicyclic amines) is 1. The molecule has 2 heterocycles. The van der Waals surface area contributed by atoms with Gasteiger partial charge in [-0.25, -0.2) is 0 Å². The molecule has 0 aromatic carbocycles. The molecule has 1 aromatic heterocycles. The van der Waals surface area contributed by atoms with Crippen LogP contribution in [-0.4, -0.2) is 35.2 Å². The Balaban J connectivity index is 1.90. The van der Waals surface area contributed by atoms with Crippen LogP contribution in [0.15, 0.2) is 9.32 Å². The zero-order valence-electron chi connectivity index (χ0n) is 8.24. The van der Waals surface area contributed by atoms with Gasteiger partial charge in [0.2, 0.25) is 0 Å². The zero-order chi connectivity index (χ0) is 9.97. The zero-order valence-corrected chi connectivity index (χ0v) is 9.83. The van der Waals surface area contributed by atoms with Crippen molar-refractivity contribution < 1.29 is 4.52 Å². The third kappa shape index (κ3) is 2.54. The maximum Gasteiger partial charge on any atom is 0.293 e. The molecule has 1 atom stereocenters. The van der Waals surface area contributed by atoms with Gasteiger partial charge in [0.05, 0.1) is 0 Å². The summed E-state index contributed by atoms with van der Waals surface area (Å²) >= 11 is 3.16. The highest BCUT2D eigenvalue weighted by atomic mass is 79.9. The summed E-state index contributed by atoms with van der Waals surface area (Å²) in [5.74, 6) is 1.50. The molecular weight excluding hydrogens is 246 g/mol. The maximum atomic E-state index is 4.87. The molecule has 2 rings (SSSR count). The Morgan fingerprint density at radius 1 is 1.64 bits per heavy atom. The van der Waals surface area contributed by atoms with Crippen LogP contribution < -0.4 is 0 Å². The van der Waals surface area contributed by atoms with Crippen LogP contribution in [0, 0.1) is 5.92 Å². The Morgan fingerprint density at radius 3 is 3.14 bits per heavy atom. The number of hydrogen-bond donors (Lipinski definition) is 0. The molecule has 1 fully saturated rings. The lowest BCUT2D eigenvalue weighted by Gasteiger charge is -2.28. The van der Waals surface area contributed by atoms with Crippen molar-refractivity contribution in [2.75, 3.05) is 20.1 Å². The highest BCUT2D eigenvalue weighted by molar-refractivity contribution is 9.10. The van der Waals surface area contributed by atoms with Crippen LogP contribution in [0.3, 0.4) is 0 Å². The van der Waals surface area contributed by atoms with Gasteiger partial charge >= 0.3 is 0 Å². The first-order chi connectivity index (χ1) is 6.74. The van der Waals surface area contributed by atoms with Crippen molar-refractivity contribution in [3.63, 3.8) is 0 Å². The molecule has 0 radical (unpaired) electrons. The van der Waals surface area contributed by atoms with Crippen molar-refractivity contribution in [3.05, 3.63) is 10.6 Å². The molecule has 1 aliphatic heterocycles. The van der Waals surface area contributed by atoms with Gasteiger partial charge in [0.15, 0.2) is 5.82 Å². The van der Waals surface area contributed by atoms with E-state index in [-0.39, 0.29) is 0 Å². The molecule has 0 amide bonds. The topological polar surface area (TPSA) is 42.2 Å². The lowest BCUT2D eigenvalue weighted by atomic mass is 9.95. The Bertz CT molecular complexity index is 302. The maximum absolute atomic E-state index is 4.87. The van der Waals surface area contributed by atoms with Crippen LogP contribution in [-0.2, 0) is 6.42 Å². The largest absolute Gasteiger partial charge is 0.327 e. The fourth-order valence-electron chi connectivity index (χ4n) is 2.01. The molecule has 78 valence electrons. The average molecular weight is 260 g/mol. The standard InChI is InChI=1S/C9H14BrN3O/c1-13-4-2-3-7(6-13)5-8-11-9(10)14-12-8/h7H,2-6H2,1H3. The molecule has 0 N–H and O–H groups in total. The fourth-order valence-corrected chi connectivity index (χ4v) is 2.29. The van der Waals surface area contributed by atoms with E-state index in [0.717, 1.165) is 18.8 Å². The summed E-state index contributed by atoms with van der Waals surface area (Å²) in [5, 5.41) is 3.88. The van der Waals surface area contributed by atoms with Gasteiger partial charge in [-0.05, 0) is 32.4 Å². The second-order valence-electron chi connectivity index (χ2n) is 3.94. The lowest BCUT2D eigenvalue weighted by molar-refractivity contribution is 0.206. The smallest absolute Gasteiger partial charge is 0.293 e. The third-order valence-corrected chi connectivity index (χ3v) is 2.96. The van der Waals surface area contributed by atoms with Crippen LogP contribution in [0.2, 0.25) is 0 Å². The van der Waals surface area contributed by atoms with Crippen molar-refractivity contribution in [3.8, 4) is 0 Å². The summed E-state index contributed by atoms with van der Waals surface area (Å²) < 4.78 is 4.87. The highest BCUT2D eigenvalue weighted by Gasteiger charge is 2.19. The van der Waals surface area contributed by atoms with Crippen LogP contribution >= 0.6 is 15.9 Å². The Morgan fingerprint density at radius 2 is 2.50 bits per heavy atom. The quantitative estimate of drug-likeness (QED) is 0.811. The molecule has 14 heavy (non-hydrogen) atoms. The fraction of sp³-hybridized carbons (Fsp3) is 0.778. The summed E-state index contributed by atoms with van der Waals surface area (Å²) in [6.07, 6.45) is 3.48. The minimum Gasteiger partial charge on any atom is -0.327 e. The monoisotopic (exact) mass is 259 g/mol. The predicted molar refractivity (Wildman–Crippen MR) is 55.9 cm³/mol. The summed E-state index contributed by atoms with van der Waals surface area (Å²) in [7, 11) is 2.16.